The van der Waals surface area contributed by atoms with Crippen LogP contribution in [-0.4, -0.2) is 18.0 Å². The number of nitrogens with one attached hydrogen (secondary N) is 1. The van der Waals surface area contributed by atoms with Gasteiger partial charge in [0.1, 0.15) is 0 Å². The Hall–Kier alpha value is -1.87. The third kappa shape index (κ3) is 3.58. The van der Waals surface area contributed by atoms with Crippen LogP contribution in [-0.2, 0) is 11.2 Å². The summed E-state index contributed by atoms with van der Waals surface area (Å²) < 4.78 is 0. The van der Waals surface area contributed by atoms with E-state index in [-0.39, 0.29) is 11.4 Å². The maximum absolute atomic E-state index is 12.2. The van der Waals surface area contributed by atoms with Gasteiger partial charge in [-0.05, 0) is 43.1 Å². The maximum atomic E-state index is 12.2. The minimum atomic E-state index is -0.254. The van der Waals surface area contributed by atoms with E-state index >= 15 is 0 Å². The third-order valence-electron chi connectivity index (χ3n) is 3.48. The van der Waals surface area contributed by atoms with E-state index in [1.165, 1.54) is 5.39 Å². The molecular formula is C17H22N2O. The fourth-order valence-corrected chi connectivity index (χ4v) is 2.46. The lowest BCUT2D eigenvalue weighted by Gasteiger charge is -2.25. The third-order valence-corrected chi connectivity index (χ3v) is 3.48. The highest BCUT2D eigenvalue weighted by Crippen LogP contribution is 2.19. The van der Waals surface area contributed by atoms with Crippen LogP contribution in [0.1, 0.15) is 25.8 Å². The van der Waals surface area contributed by atoms with Gasteiger partial charge in [-0.15, -0.1) is 0 Å². The van der Waals surface area contributed by atoms with Gasteiger partial charge in [0.25, 0.3) is 0 Å². The van der Waals surface area contributed by atoms with Crippen molar-refractivity contribution in [2.75, 3.05) is 6.54 Å². The second-order valence-electron chi connectivity index (χ2n) is 5.79. The molecule has 1 amide bonds. The van der Waals surface area contributed by atoms with Gasteiger partial charge < -0.3 is 11.1 Å². The lowest BCUT2D eigenvalue weighted by atomic mass is 9.98. The molecule has 0 radical (unpaired) electrons. The van der Waals surface area contributed by atoms with Crippen molar-refractivity contribution in [2.24, 2.45) is 5.73 Å². The molecule has 20 heavy (non-hydrogen) atoms. The first-order valence-electron chi connectivity index (χ1n) is 6.99. The molecule has 0 heterocycles. The molecule has 106 valence electrons. The standard InChI is InChI=1S/C17H22N2O/c1-17(2,10-11-18)19-16(20)12-14-8-5-7-13-6-3-4-9-15(13)14/h3-9H,10-12,18H2,1-2H3,(H,19,20). The SMILES string of the molecule is CC(C)(CCN)NC(=O)Cc1cccc2ccccc12. The Balaban J connectivity index is 2.14. The number of hydrogen-bond acceptors (Lipinski definition) is 2. The highest BCUT2D eigenvalue weighted by Gasteiger charge is 2.19. The number of amides is 1. The van der Waals surface area contributed by atoms with Crippen LogP contribution in [0.4, 0.5) is 0 Å². The summed E-state index contributed by atoms with van der Waals surface area (Å²) in [6, 6.07) is 14.2. The monoisotopic (exact) mass is 270 g/mol. The fourth-order valence-electron chi connectivity index (χ4n) is 2.46. The minimum absolute atomic E-state index is 0.0415. The Morgan fingerprint density at radius 2 is 1.85 bits per heavy atom. The zero-order chi connectivity index (χ0) is 14.6. The lowest BCUT2D eigenvalue weighted by Crippen LogP contribution is -2.45. The van der Waals surface area contributed by atoms with Gasteiger partial charge in [0.2, 0.25) is 5.91 Å². The van der Waals surface area contributed by atoms with Crippen LogP contribution in [0.3, 0.4) is 0 Å². The number of benzene rings is 2. The van der Waals surface area contributed by atoms with Gasteiger partial charge >= 0.3 is 0 Å². The zero-order valence-electron chi connectivity index (χ0n) is 12.1. The summed E-state index contributed by atoms with van der Waals surface area (Å²) in [5.74, 6) is 0.0415. The molecule has 0 unspecified atom stereocenters. The van der Waals surface area contributed by atoms with Crippen LogP contribution in [0, 0.1) is 0 Å². The molecule has 3 nitrogen and oxygen atoms in total. The van der Waals surface area contributed by atoms with Crippen LogP contribution >= 0.6 is 0 Å². The number of fused-ring (bicyclic) bond motifs is 1. The average Bonchev–Trinajstić information content (AvgIpc) is 2.38. The highest BCUT2D eigenvalue weighted by molar-refractivity contribution is 5.90. The Bertz CT molecular complexity index is 599. The largest absolute Gasteiger partial charge is 0.351 e. The van der Waals surface area contributed by atoms with E-state index in [9.17, 15) is 4.79 Å². The summed E-state index contributed by atoms with van der Waals surface area (Å²) in [6.07, 6.45) is 1.17. The first-order chi connectivity index (χ1) is 9.52. The van der Waals surface area contributed by atoms with Crippen molar-refractivity contribution in [3.05, 3.63) is 48.0 Å². The molecule has 0 aliphatic carbocycles. The van der Waals surface area contributed by atoms with Crippen molar-refractivity contribution in [3.8, 4) is 0 Å². The molecular weight excluding hydrogens is 248 g/mol. The molecule has 0 atom stereocenters. The first kappa shape index (κ1) is 14.5. The molecule has 2 aromatic rings. The average molecular weight is 270 g/mol. The van der Waals surface area contributed by atoms with Crippen LogP contribution in [0.2, 0.25) is 0 Å². The maximum Gasteiger partial charge on any atom is 0.224 e. The molecule has 0 spiro atoms. The van der Waals surface area contributed by atoms with Gasteiger partial charge in [0.05, 0.1) is 6.42 Å². The second-order valence-corrected chi connectivity index (χ2v) is 5.79. The minimum Gasteiger partial charge on any atom is -0.351 e. The van der Waals surface area contributed by atoms with Crippen LogP contribution < -0.4 is 11.1 Å². The van der Waals surface area contributed by atoms with Crippen molar-refractivity contribution in [1.82, 2.24) is 5.32 Å². The van der Waals surface area contributed by atoms with Gasteiger partial charge in [0.15, 0.2) is 0 Å². The summed E-state index contributed by atoms with van der Waals surface area (Å²) in [7, 11) is 0. The molecule has 2 aromatic carbocycles. The number of nitrogens with two attached hydrogens (primary N) is 1. The molecule has 0 fully saturated rings. The lowest BCUT2D eigenvalue weighted by molar-refractivity contribution is -0.122. The molecule has 0 bridgehead atoms. The zero-order valence-corrected chi connectivity index (χ0v) is 12.1. The van der Waals surface area contributed by atoms with E-state index in [0.29, 0.717) is 13.0 Å². The smallest absolute Gasteiger partial charge is 0.224 e. The molecule has 0 saturated heterocycles. The summed E-state index contributed by atoms with van der Waals surface area (Å²) in [6.45, 7) is 4.57. The van der Waals surface area contributed by atoms with Crippen molar-refractivity contribution in [1.29, 1.82) is 0 Å². The van der Waals surface area contributed by atoms with Crippen molar-refractivity contribution in [3.63, 3.8) is 0 Å². The van der Waals surface area contributed by atoms with Gasteiger partial charge in [-0.2, -0.15) is 0 Å². The molecule has 0 aliphatic heterocycles. The number of rotatable bonds is 5. The Kier molecular flexibility index (Phi) is 4.40. The second kappa shape index (κ2) is 6.06. The molecule has 0 aliphatic rings. The van der Waals surface area contributed by atoms with E-state index in [1.807, 2.05) is 38.1 Å². The molecule has 3 heteroatoms. The number of hydrogen-bond donors (Lipinski definition) is 2. The Labute approximate surface area is 120 Å². The van der Waals surface area contributed by atoms with Crippen molar-refractivity contribution < 1.29 is 4.79 Å². The van der Waals surface area contributed by atoms with E-state index < -0.39 is 0 Å². The van der Waals surface area contributed by atoms with Gasteiger partial charge in [-0.1, -0.05) is 42.5 Å². The van der Waals surface area contributed by atoms with Crippen LogP contribution in [0.15, 0.2) is 42.5 Å². The number of carbonyl (C=O) groups is 1. The summed E-state index contributed by atoms with van der Waals surface area (Å²) in [5.41, 5.74) is 6.37. The van der Waals surface area contributed by atoms with Crippen molar-refractivity contribution >= 4 is 16.7 Å². The molecule has 0 saturated carbocycles. The Morgan fingerprint density at radius 1 is 1.15 bits per heavy atom. The quantitative estimate of drug-likeness (QED) is 0.877. The first-order valence-corrected chi connectivity index (χ1v) is 6.99. The fraction of sp³-hybridized carbons (Fsp3) is 0.353. The number of carbonyl (C=O) groups excluding carboxylic acids is 1. The van der Waals surface area contributed by atoms with E-state index in [1.54, 1.807) is 0 Å². The van der Waals surface area contributed by atoms with E-state index in [4.69, 9.17) is 5.73 Å². The van der Waals surface area contributed by atoms with Gasteiger partial charge in [-0.25, -0.2) is 0 Å². The van der Waals surface area contributed by atoms with E-state index in [0.717, 1.165) is 17.4 Å². The van der Waals surface area contributed by atoms with Gasteiger partial charge in [-0.3, -0.25) is 4.79 Å². The predicted octanol–water partition coefficient (Wildman–Crippen LogP) is 2.63. The summed E-state index contributed by atoms with van der Waals surface area (Å²) >= 11 is 0. The van der Waals surface area contributed by atoms with E-state index in [2.05, 4.69) is 23.5 Å². The molecule has 0 aromatic heterocycles. The van der Waals surface area contributed by atoms with Crippen LogP contribution in [0.5, 0.6) is 0 Å². The predicted molar refractivity (Wildman–Crippen MR) is 83.5 cm³/mol. The molecule has 3 N–H and O–H groups in total. The van der Waals surface area contributed by atoms with Gasteiger partial charge in [0, 0.05) is 5.54 Å². The van der Waals surface area contributed by atoms with Crippen LogP contribution in [0.25, 0.3) is 10.8 Å². The Morgan fingerprint density at radius 3 is 2.60 bits per heavy atom. The molecule has 2 rings (SSSR count). The highest BCUT2D eigenvalue weighted by atomic mass is 16.1. The summed E-state index contributed by atoms with van der Waals surface area (Å²) in [4.78, 5) is 12.2. The normalized spacial score (nSPS) is 11.6. The topological polar surface area (TPSA) is 55.1 Å². The summed E-state index contributed by atoms with van der Waals surface area (Å²) in [5, 5.41) is 5.36. The van der Waals surface area contributed by atoms with Crippen molar-refractivity contribution in [2.45, 2.75) is 32.2 Å².